The molecule has 0 unspecified atom stereocenters. The molecule has 0 bridgehead atoms. The number of pyridine rings is 1. The van der Waals surface area contributed by atoms with Crippen LogP contribution in [0.2, 0.25) is 0 Å². The highest BCUT2D eigenvalue weighted by atomic mass is 16.5. The first-order valence-corrected chi connectivity index (χ1v) is 5.38. The Hall–Kier alpha value is -2.36. The number of ether oxygens (including phenoxy) is 1. The Morgan fingerprint density at radius 3 is 2.88 bits per heavy atom. The topological polar surface area (TPSA) is 50.8 Å². The van der Waals surface area contributed by atoms with E-state index in [1.165, 1.54) is 0 Å². The summed E-state index contributed by atoms with van der Waals surface area (Å²) in [6.07, 6.45) is 3.43. The number of aromatic nitrogens is 3. The zero-order chi connectivity index (χ0) is 11.5. The summed E-state index contributed by atoms with van der Waals surface area (Å²) in [4.78, 5) is 4.21. The van der Waals surface area contributed by atoms with Gasteiger partial charge in [0.25, 0.3) is 0 Å². The van der Waals surface area contributed by atoms with Crippen molar-refractivity contribution < 1.29 is 4.74 Å². The van der Waals surface area contributed by atoms with Crippen molar-refractivity contribution in [2.24, 2.45) is 0 Å². The Morgan fingerprint density at radius 1 is 1.12 bits per heavy atom. The van der Waals surface area contributed by atoms with Gasteiger partial charge in [-0.15, -0.1) is 0 Å². The number of hydrogen-bond donors (Lipinski definition) is 1. The van der Waals surface area contributed by atoms with E-state index in [0.29, 0.717) is 12.5 Å². The molecular weight excluding hydrogens is 214 g/mol. The smallest absolute Gasteiger partial charge is 0.224 e. The van der Waals surface area contributed by atoms with Crippen molar-refractivity contribution in [1.82, 2.24) is 15.2 Å². The molecule has 0 spiro atoms. The molecule has 4 nitrogen and oxygen atoms in total. The number of rotatable bonds is 3. The summed E-state index contributed by atoms with van der Waals surface area (Å²) < 4.78 is 5.69. The molecule has 0 atom stereocenters. The average Bonchev–Trinajstić information content (AvgIpc) is 2.86. The molecule has 0 amide bonds. The van der Waals surface area contributed by atoms with E-state index in [-0.39, 0.29) is 0 Å². The Bertz CT molecular complexity index is 619. The molecule has 0 saturated heterocycles. The first-order chi connectivity index (χ1) is 8.43. The molecule has 0 aliphatic rings. The summed E-state index contributed by atoms with van der Waals surface area (Å²) in [5, 5.41) is 7.77. The predicted molar refractivity (Wildman–Crippen MR) is 64.7 cm³/mol. The van der Waals surface area contributed by atoms with Gasteiger partial charge in [-0.2, -0.15) is 5.10 Å². The van der Waals surface area contributed by atoms with Gasteiger partial charge in [-0.3, -0.25) is 5.10 Å². The van der Waals surface area contributed by atoms with E-state index in [1.807, 2.05) is 36.4 Å². The fraction of sp³-hybridized carbons (Fsp3) is 0.0769. The van der Waals surface area contributed by atoms with Gasteiger partial charge in [0.15, 0.2) is 0 Å². The highest BCUT2D eigenvalue weighted by molar-refractivity contribution is 5.82. The molecule has 1 N–H and O–H groups in total. The Balaban J connectivity index is 1.84. The molecule has 0 radical (unpaired) electrons. The van der Waals surface area contributed by atoms with Crippen LogP contribution in [0, 0.1) is 0 Å². The monoisotopic (exact) mass is 225 g/mol. The number of nitrogens with one attached hydrogen (secondary N) is 1. The van der Waals surface area contributed by atoms with Gasteiger partial charge in [0.05, 0.1) is 17.1 Å². The maximum Gasteiger partial charge on any atom is 0.224 e. The summed E-state index contributed by atoms with van der Waals surface area (Å²) >= 11 is 0. The van der Waals surface area contributed by atoms with Gasteiger partial charge < -0.3 is 4.74 Å². The highest BCUT2D eigenvalue weighted by Gasteiger charge is 2.04. The lowest BCUT2D eigenvalue weighted by Crippen LogP contribution is -1.96. The largest absolute Gasteiger partial charge is 0.472 e. The van der Waals surface area contributed by atoms with Crippen molar-refractivity contribution >= 4 is 10.9 Å². The minimum Gasteiger partial charge on any atom is -0.472 e. The molecular formula is C13H11N3O. The second-order valence-electron chi connectivity index (χ2n) is 3.72. The van der Waals surface area contributed by atoms with Gasteiger partial charge in [0.2, 0.25) is 5.88 Å². The van der Waals surface area contributed by atoms with Crippen molar-refractivity contribution in [3.63, 3.8) is 0 Å². The molecule has 0 fully saturated rings. The SMILES string of the molecule is c1ccc(COc2nccc3[nH]ncc23)cc1. The lowest BCUT2D eigenvalue weighted by atomic mass is 10.2. The third-order valence-electron chi connectivity index (χ3n) is 2.55. The quantitative estimate of drug-likeness (QED) is 0.745. The fourth-order valence-corrected chi connectivity index (χ4v) is 1.68. The third kappa shape index (κ3) is 1.97. The maximum absolute atomic E-state index is 5.69. The van der Waals surface area contributed by atoms with Crippen LogP contribution < -0.4 is 4.74 Å². The summed E-state index contributed by atoms with van der Waals surface area (Å²) in [5.41, 5.74) is 2.05. The minimum absolute atomic E-state index is 0.512. The van der Waals surface area contributed by atoms with Gasteiger partial charge >= 0.3 is 0 Å². The Labute approximate surface area is 98.3 Å². The van der Waals surface area contributed by atoms with E-state index in [1.54, 1.807) is 12.4 Å². The number of aromatic amines is 1. The van der Waals surface area contributed by atoms with Gasteiger partial charge in [-0.1, -0.05) is 30.3 Å². The lowest BCUT2D eigenvalue weighted by Gasteiger charge is -2.05. The van der Waals surface area contributed by atoms with Crippen LogP contribution in [0.25, 0.3) is 10.9 Å². The molecule has 1 aromatic carbocycles. The molecule has 0 aliphatic heterocycles. The molecule has 84 valence electrons. The molecule has 4 heteroatoms. The zero-order valence-corrected chi connectivity index (χ0v) is 9.13. The van der Waals surface area contributed by atoms with Crippen LogP contribution in [-0.2, 0) is 6.61 Å². The molecule has 0 saturated carbocycles. The van der Waals surface area contributed by atoms with E-state index in [0.717, 1.165) is 16.5 Å². The lowest BCUT2D eigenvalue weighted by molar-refractivity contribution is 0.298. The standard InChI is InChI=1S/C13H11N3O/c1-2-4-10(5-3-1)9-17-13-11-8-15-16-12(11)6-7-14-13/h1-8H,9H2,(H,15,16). The number of fused-ring (bicyclic) bond motifs is 1. The summed E-state index contributed by atoms with van der Waals surface area (Å²) in [5.74, 6) is 0.611. The van der Waals surface area contributed by atoms with E-state index >= 15 is 0 Å². The van der Waals surface area contributed by atoms with E-state index in [9.17, 15) is 0 Å². The average molecular weight is 225 g/mol. The number of hydrogen-bond acceptors (Lipinski definition) is 3. The van der Waals surface area contributed by atoms with Crippen molar-refractivity contribution in [2.75, 3.05) is 0 Å². The van der Waals surface area contributed by atoms with E-state index in [4.69, 9.17) is 4.74 Å². The Kier molecular flexibility index (Phi) is 2.46. The van der Waals surface area contributed by atoms with Gasteiger partial charge in [-0.25, -0.2) is 4.98 Å². The van der Waals surface area contributed by atoms with Crippen LogP contribution in [0.1, 0.15) is 5.56 Å². The van der Waals surface area contributed by atoms with Crippen LogP contribution in [0.15, 0.2) is 48.8 Å². The Morgan fingerprint density at radius 2 is 2.00 bits per heavy atom. The molecule has 2 heterocycles. The van der Waals surface area contributed by atoms with Gasteiger partial charge in [0.1, 0.15) is 6.61 Å². The molecule has 3 aromatic rings. The second kappa shape index (κ2) is 4.25. The molecule has 0 aliphatic carbocycles. The zero-order valence-electron chi connectivity index (χ0n) is 9.13. The highest BCUT2D eigenvalue weighted by Crippen LogP contribution is 2.21. The van der Waals surface area contributed by atoms with Crippen molar-refractivity contribution in [2.45, 2.75) is 6.61 Å². The van der Waals surface area contributed by atoms with Crippen LogP contribution in [-0.4, -0.2) is 15.2 Å². The molecule has 2 aromatic heterocycles. The number of benzene rings is 1. The first-order valence-electron chi connectivity index (χ1n) is 5.38. The summed E-state index contributed by atoms with van der Waals surface area (Å²) in [6.45, 7) is 0.512. The number of nitrogens with zero attached hydrogens (tertiary/aromatic N) is 2. The first kappa shape index (κ1) is 9.84. The van der Waals surface area contributed by atoms with Gasteiger partial charge in [0, 0.05) is 6.20 Å². The normalized spacial score (nSPS) is 10.6. The van der Waals surface area contributed by atoms with Crippen molar-refractivity contribution in [3.8, 4) is 5.88 Å². The van der Waals surface area contributed by atoms with Crippen LogP contribution in [0.4, 0.5) is 0 Å². The van der Waals surface area contributed by atoms with E-state index in [2.05, 4.69) is 15.2 Å². The predicted octanol–water partition coefficient (Wildman–Crippen LogP) is 2.54. The summed E-state index contributed by atoms with van der Waals surface area (Å²) in [7, 11) is 0. The van der Waals surface area contributed by atoms with Crippen molar-refractivity contribution in [1.29, 1.82) is 0 Å². The van der Waals surface area contributed by atoms with Crippen LogP contribution >= 0.6 is 0 Å². The fourth-order valence-electron chi connectivity index (χ4n) is 1.68. The van der Waals surface area contributed by atoms with Crippen LogP contribution in [0.3, 0.4) is 0 Å². The maximum atomic E-state index is 5.69. The number of H-pyrrole nitrogens is 1. The van der Waals surface area contributed by atoms with Crippen LogP contribution in [0.5, 0.6) is 5.88 Å². The second-order valence-corrected chi connectivity index (χ2v) is 3.72. The summed E-state index contributed by atoms with van der Waals surface area (Å²) in [6, 6.07) is 11.9. The molecule has 17 heavy (non-hydrogen) atoms. The van der Waals surface area contributed by atoms with Gasteiger partial charge in [-0.05, 0) is 11.6 Å². The minimum atomic E-state index is 0.512. The molecule has 3 rings (SSSR count). The third-order valence-corrected chi connectivity index (χ3v) is 2.55. The van der Waals surface area contributed by atoms with Crippen molar-refractivity contribution in [3.05, 3.63) is 54.4 Å². The van der Waals surface area contributed by atoms with E-state index < -0.39 is 0 Å².